The van der Waals surface area contributed by atoms with E-state index in [1.54, 1.807) is 11.3 Å². The Hall–Kier alpha value is -2.45. The smallest absolute Gasteiger partial charge is 0.247 e. The average Bonchev–Trinajstić information content (AvgIpc) is 3.33. The average molecular weight is 438 g/mol. The molecule has 3 aromatic heterocycles. The van der Waals surface area contributed by atoms with Crippen LogP contribution in [-0.2, 0) is 12.8 Å². The second-order valence-electron chi connectivity index (χ2n) is 7.99. The second-order valence-corrected chi connectivity index (χ2v) is 10.4. The molecule has 1 aromatic carbocycles. The van der Waals surface area contributed by atoms with Crippen LogP contribution in [0.1, 0.15) is 47.4 Å². The number of hydrogen-bond donors (Lipinski definition) is 1. The Kier molecular flexibility index (Phi) is 4.99. The standard InChI is InChI=1S/C22H23N5OS2/c1-11-4-7-14(8-5-11)20-27-26-19(28-20)13(3)29-22-24-18(23)17-15-9-6-12(2)10-16(15)30-21(17)25-22/h4-5,7-8,12-13H,6,9-10H2,1-3H3,(H2,23,24,25)/t12-,13+/m0/s1. The maximum absolute atomic E-state index is 6.36. The van der Waals surface area contributed by atoms with Crippen LogP contribution in [0.15, 0.2) is 33.8 Å². The highest BCUT2D eigenvalue weighted by atomic mass is 32.2. The summed E-state index contributed by atoms with van der Waals surface area (Å²) in [7, 11) is 0. The molecule has 3 heterocycles. The zero-order chi connectivity index (χ0) is 20.8. The summed E-state index contributed by atoms with van der Waals surface area (Å²) >= 11 is 3.25. The van der Waals surface area contributed by atoms with Gasteiger partial charge in [0.25, 0.3) is 0 Å². The Labute approximate surface area is 183 Å². The van der Waals surface area contributed by atoms with Crippen LogP contribution in [0.4, 0.5) is 5.82 Å². The van der Waals surface area contributed by atoms with Crippen LogP contribution in [0.5, 0.6) is 0 Å². The summed E-state index contributed by atoms with van der Waals surface area (Å²) in [6, 6.07) is 8.04. The van der Waals surface area contributed by atoms with Gasteiger partial charge in [-0.1, -0.05) is 36.4 Å². The highest BCUT2D eigenvalue weighted by molar-refractivity contribution is 7.99. The minimum Gasteiger partial charge on any atom is -0.419 e. The van der Waals surface area contributed by atoms with Crippen molar-refractivity contribution < 1.29 is 4.42 Å². The van der Waals surface area contributed by atoms with E-state index >= 15 is 0 Å². The number of nitrogen functional groups attached to an aromatic ring is 1. The Morgan fingerprint density at radius 1 is 1.20 bits per heavy atom. The zero-order valence-electron chi connectivity index (χ0n) is 17.2. The van der Waals surface area contributed by atoms with Gasteiger partial charge in [0.15, 0.2) is 5.16 Å². The number of thioether (sulfide) groups is 1. The van der Waals surface area contributed by atoms with Crippen LogP contribution in [0.3, 0.4) is 0 Å². The first-order chi connectivity index (χ1) is 14.5. The molecule has 2 N–H and O–H groups in total. The zero-order valence-corrected chi connectivity index (χ0v) is 18.8. The van der Waals surface area contributed by atoms with E-state index in [1.165, 1.54) is 34.2 Å². The van der Waals surface area contributed by atoms with Gasteiger partial charge < -0.3 is 10.2 Å². The topological polar surface area (TPSA) is 90.7 Å². The first kappa shape index (κ1) is 19.5. The molecule has 5 rings (SSSR count). The molecule has 1 aliphatic carbocycles. The van der Waals surface area contributed by atoms with E-state index in [9.17, 15) is 0 Å². The van der Waals surface area contributed by atoms with E-state index in [0.717, 1.165) is 28.6 Å². The first-order valence-corrected chi connectivity index (χ1v) is 11.8. The number of hydrogen-bond acceptors (Lipinski definition) is 8. The fourth-order valence-electron chi connectivity index (χ4n) is 3.82. The van der Waals surface area contributed by atoms with Gasteiger partial charge in [0.2, 0.25) is 11.8 Å². The van der Waals surface area contributed by atoms with E-state index in [1.807, 2.05) is 31.2 Å². The van der Waals surface area contributed by atoms with Gasteiger partial charge in [0, 0.05) is 10.4 Å². The lowest BCUT2D eigenvalue weighted by atomic mass is 9.89. The van der Waals surface area contributed by atoms with Gasteiger partial charge in [-0.15, -0.1) is 21.5 Å². The number of aryl methyl sites for hydroxylation is 2. The molecular formula is C22H23N5OS2. The monoisotopic (exact) mass is 437 g/mol. The Balaban J connectivity index is 1.40. The molecule has 2 atom stereocenters. The number of nitrogens with zero attached hydrogens (tertiary/aromatic N) is 4. The van der Waals surface area contributed by atoms with Crippen LogP contribution in [-0.4, -0.2) is 20.2 Å². The Bertz CT molecular complexity index is 1210. The molecule has 0 spiro atoms. The lowest BCUT2D eigenvalue weighted by Gasteiger charge is -2.17. The second kappa shape index (κ2) is 7.67. The van der Waals surface area contributed by atoms with Gasteiger partial charge in [-0.3, -0.25) is 0 Å². The van der Waals surface area contributed by atoms with Crippen LogP contribution in [0, 0.1) is 12.8 Å². The molecule has 0 bridgehead atoms. The quantitative estimate of drug-likeness (QED) is 0.328. The van der Waals surface area contributed by atoms with Crippen molar-refractivity contribution in [1.29, 1.82) is 0 Å². The summed E-state index contributed by atoms with van der Waals surface area (Å²) in [5, 5.41) is 10.1. The van der Waals surface area contributed by atoms with Crippen LogP contribution in [0.25, 0.3) is 21.7 Å². The molecule has 4 aromatic rings. The molecule has 30 heavy (non-hydrogen) atoms. The molecule has 154 valence electrons. The maximum Gasteiger partial charge on any atom is 0.247 e. The number of fused-ring (bicyclic) bond motifs is 3. The highest BCUT2D eigenvalue weighted by Crippen LogP contribution is 2.41. The van der Waals surface area contributed by atoms with Crippen molar-refractivity contribution in [2.45, 2.75) is 50.4 Å². The van der Waals surface area contributed by atoms with Crippen molar-refractivity contribution in [2.24, 2.45) is 5.92 Å². The lowest BCUT2D eigenvalue weighted by molar-refractivity contribution is 0.509. The van der Waals surface area contributed by atoms with Gasteiger partial charge in [0.1, 0.15) is 10.6 Å². The van der Waals surface area contributed by atoms with Crippen molar-refractivity contribution in [1.82, 2.24) is 20.2 Å². The van der Waals surface area contributed by atoms with Crippen molar-refractivity contribution >= 4 is 39.1 Å². The number of anilines is 1. The van der Waals surface area contributed by atoms with Crippen molar-refractivity contribution in [2.75, 3.05) is 5.73 Å². The van der Waals surface area contributed by atoms with Crippen molar-refractivity contribution in [3.05, 3.63) is 46.2 Å². The molecule has 0 amide bonds. The normalized spacial score (nSPS) is 17.2. The molecule has 0 saturated heterocycles. The Morgan fingerprint density at radius 3 is 2.80 bits per heavy atom. The van der Waals surface area contributed by atoms with Gasteiger partial charge in [-0.2, -0.15) is 0 Å². The summed E-state index contributed by atoms with van der Waals surface area (Å²) < 4.78 is 5.91. The molecule has 8 heteroatoms. The SMILES string of the molecule is Cc1ccc(-c2nnc([C@@H](C)Sc3nc(N)c4c5c(sc4n3)C[C@@H](C)CC5)o2)cc1. The molecule has 0 fully saturated rings. The molecule has 0 unspecified atom stereocenters. The summed E-state index contributed by atoms with van der Waals surface area (Å²) in [6.45, 7) is 6.37. The largest absolute Gasteiger partial charge is 0.419 e. The maximum atomic E-state index is 6.36. The van der Waals surface area contributed by atoms with E-state index < -0.39 is 0 Å². The van der Waals surface area contributed by atoms with E-state index in [0.29, 0.717) is 28.7 Å². The minimum atomic E-state index is -0.0804. The van der Waals surface area contributed by atoms with E-state index in [2.05, 4.69) is 29.0 Å². The molecule has 6 nitrogen and oxygen atoms in total. The number of thiophene rings is 1. The molecular weight excluding hydrogens is 414 g/mol. The number of rotatable bonds is 4. The molecule has 0 aliphatic heterocycles. The molecule has 1 aliphatic rings. The highest BCUT2D eigenvalue weighted by Gasteiger charge is 2.24. The number of nitrogens with two attached hydrogens (primary N) is 1. The van der Waals surface area contributed by atoms with Gasteiger partial charge in [0.05, 0.1) is 10.6 Å². The van der Waals surface area contributed by atoms with Crippen molar-refractivity contribution in [3.63, 3.8) is 0 Å². The molecule has 0 radical (unpaired) electrons. The summed E-state index contributed by atoms with van der Waals surface area (Å²) in [5.41, 5.74) is 9.82. The van der Waals surface area contributed by atoms with Gasteiger partial charge in [-0.05, 0) is 56.7 Å². The van der Waals surface area contributed by atoms with Gasteiger partial charge >= 0.3 is 0 Å². The third kappa shape index (κ3) is 3.58. The number of benzene rings is 1. The molecule has 0 saturated carbocycles. The third-order valence-corrected chi connectivity index (χ3v) is 7.63. The fraction of sp³-hybridized carbons (Fsp3) is 0.364. The minimum absolute atomic E-state index is 0.0804. The number of aromatic nitrogens is 4. The van der Waals surface area contributed by atoms with Crippen LogP contribution >= 0.6 is 23.1 Å². The predicted octanol–water partition coefficient (Wildman–Crippen LogP) is 5.61. The van der Waals surface area contributed by atoms with Crippen molar-refractivity contribution in [3.8, 4) is 11.5 Å². The van der Waals surface area contributed by atoms with Crippen LogP contribution in [0.2, 0.25) is 0 Å². The van der Waals surface area contributed by atoms with E-state index in [-0.39, 0.29) is 5.25 Å². The fourth-order valence-corrected chi connectivity index (χ4v) is 6.08. The summed E-state index contributed by atoms with van der Waals surface area (Å²) in [4.78, 5) is 11.8. The predicted molar refractivity (Wildman–Crippen MR) is 122 cm³/mol. The third-order valence-electron chi connectivity index (χ3n) is 5.53. The summed E-state index contributed by atoms with van der Waals surface area (Å²) in [6.07, 6.45) is 3.38. The van der Waals surface area contributed by atoms with E-state index in [4.69, 9.17) is 15.1 Å². The van der Waals surface area contributed by atoms with Crippen LogP contribution < -0.4 is 5.73 Å². The summed E-state index contributed by atoms with van der Waals surface area (Å²) in [5.74, 6) is 2.37. The van der Waals surface area contributed by atoms with Gasteiger partial charge in [-0.25, -0.2) is 9.97 Å². The Morgan fingerprint density at radius 2 is 2.00 bits per heavy atom. The lowest BCUT2D eigenvalue weighted by Crippen LogP contribution is -2.09. The first-order valence-electron chi connectivity index (χ1n) is 10.1.